The zero-order valence-electron chi connectivity index (χ0n) is 15.2. The molecular formula is C19H19N3O5. The molecule has 3 rings (SSSR count). The summed E-state index contributed by atoms with van der Waals surface area (Å²) in [7, 11) is 4.69. The summed E-state index contributed by atoms with van der Waals surface area (Å²) in [5, 5.41) is 10.4. The first kappa shape index (κ1) is 18.2. The Morgan fingerprint density at radius 3 is 2.37 bits per heavy atom. The van der Waals surface area contributed by atoms with Gasteiger partial charge in [-0.15, -0.1) is 5.10 Å². The molecule has 1 N–H and O–H groups in total. The fraction of sp³-hybridized carbons (Fsp3) is 0.211. The second-order valence-corrected chi connectivity index (χ2v) is 5.56. The van der Waals surface area contributed by atoms with Gasteiger partial charge in [0.05, 0.1) is 27.8 Å². The minimum atomic E-state index is -0.261. The Morgan fingerprint density at radius 1 is 0.963 bits per heavy atom. The molecule has 0 aliphatic heterocycles. The number of anilines is 1. The zero-order chi connectivity index (χ0) is 19.2. The third-order valence-electron chi connectivity index (χ3n) is 3.83. The van der Waals surface area contributed by atoms with Crippen LogP contribution in [0.2, 0.25) is 0 Å². The molecule has 0 saturated carbocycles. The predicted molar refractivity (Wildman–Crippen MR) is 98.2 cm³/mol. The van der Waals surface area contributed by atoms with E-state index in [9.17, 15) is 4.79 Å². The van der Waals surface area contributed by atoms with Crippen LogP contribution < -0.4 is 19.5 Å². The minimum Gasteiger partial charge on any atom is -0.497 e. The Labute approximate surface area is 156 Å². The number of rotatable bonds is 7. The molecule has 0 aliphatic rings. The fourth-order valence-corrected chi connectivity index (χ4v) is 2.45. The molecule has 2 aromatic carbocycles. The number of amides is 1. The molecule has 140 valence electrons. The molecule has 3 aromatic rings. The van der Waals surface area contributed by atoms with E-state index in [-0.39, 0.29) is 24.2 Å². The van der Waals surface area contributed by atoms with Gasteiger partial charge in [0, 0.05) is 5.56 Å². The molecule has 0 saturated heterocycles. The fourth-order valence-electron chi connectivity index (χ4n) is 2.45. The van der Waals surface area contributed by atoms with E-state index in [1.807, 2.05) is 12.1 Å². The van der Waals surface area contributed by atoms with Gasteiger partial charge in [-0.1, -0.05) is 17.2 Å². The lowest BCUT2D eigenvalue weighted by atomic mass is 10.1. The highest BCUT2D eigenvalue weighted by Crippen LogP contribution is 2.32. The van der Waals surface area contributed by atoms with E-state index in [1.54, 1.807) is 51.7 Å². The number of nitrogens with zero attached hydrogens (tertiary/aromatic N) is 2. The lowest BCUT2D eigenvalue weighted by Crippen LogP contribution is -2.14. The maximum absolute atomic E-state index is 12.2. The van der Waals surface area contributed by atoms with Crippen molar-refractivity contribution in [3.8, 4) is 28.7 Å². The monoisotopic (exact) mass is 369 g/mol. The summed E-state index contributed by atoms with van der Waals surface area (Å²) in [6.45, 7) is 0. The van der Waals surface area contributed by atoms with Gasteiger partial charge in [0.15, 0.2) is 11.5 Å². The normalized spacial score (nSPS) is 10.3. The molecule has 0 unspecified atom stereocenters. The summed E-state index contributed by atoms with van der Waals surface area (Å²) in [4.78, 5) is 12.2. The summed E-state index contributed by atoms with van der Waals surface area (Å²) >= 11 is 0. The Morgan fingerprint density at radius 2 is 1.70 bits per heavy atom. The predicted octanol–water partition coefficient (Wildman–Crippen LogP) is 2.94. The van der Waals surface area contributed by atoms with Crippen molar-refractivity contribution in [3.63, 3.8) is 0 Å². The Hall–Kier alpha value is -3.55. The number of methoxy groups -OCH3 is 3. The zero-order valence-corrected chi connectivity index (χ0v) is 15.2. The molecule has 1 amide bonds. The third-order valence-corrected chi connectivity index (χ3v) is 3.83. The van der Waals surface area contributed by atoms with Crippen molar-refractivity contribution in [2.75, 3.05) is 26.6 Å². The van der Waals surface area contributed by atoms with Crippen LogP contribution >= 0.6 is 0 Å². The molecule has 8 heteroatoms. The van der Waals surface area contributed by atoms with Gasteiger partial charge in [0.25, 0.3) is 0 Å². The van der Waals surface area contributed by atoms with Gasteiger partial charge in [-0.2, -0.15) is 0 Å². The molecule has 0 aliphatic carbocycles. The van der Waals surface area contributed by atoms with E-state index in [0.717, 1.165) is 11.3 Å². The van der Waals surface area contributed by atoms with E-state index >= 15 is 0 Å². The number of nitrogens with one attached hydrogen (secondary N) is 1. The quantitative estimate of drug-likeness (QED) is 0.684. The minimum absolute atomic E-state index is 0.0262. The summed E-state index contributed by atoms with van der Waals surface area (Å²) in [6, 6.07) is 12.5. The molecule has 0 atom stereocenters. The summed E-state index contributed by atoms with van der Waals surface area (Å²) in [5.41, 5.74) is 1.49. The Balaban J connectivity index is 1.67. The van der Waals surface area contributed by atoms with E-state index in [4.69, 9.17) is 18.6 Å². The van der Waals surface area contributed by atoms with Crippen molar-refractivity contribution in [2.24, 2.45) is 0 Å². The van der Waals surface area contributed by atoms with Crippen molar-refractivity contribution < 1.29 is 23.4 Å². The SMILES string of the molecule is COc1ccc(CC(=O)Nc2nnc(-c3ccc(OC)c(OC)c3)o2)cc1. The number of carbonyl (C=O) groups excluding carboxylic acids is 1. The second kappa shape index (κ2) is 8.22. The van der Waals surface area contributed by atoms with Crippen molar-refractivity contribution >= 4 is 11.9 Å². The summed E-state index contributed by atoms with van der Waals surface area (Å²) in [5.74, 6) is 1.86. The molecule has 1 aromatic heterocycles. The number of hydrogen-bond donors (Lipinski definition) is 1. The number of aromatic nitrogens is 2. The maximum Gasteiger partial charge on any atom is 0.322 e. The molecule has 1 heterocycles. The van der Waals surface area contributed by atoms with Crippen molar-refractivity contribution in [3.05, 3.63) is 48.0 Å². The Bertz CT molecular complexity index is 921. The van der Waals surface area contributed by atoms with Gasteiger partial charge >= 0.3 is 6.01 Å². The topological polar surface area (TPSA) is 95.7 Å². The standard InChI is InChI=1S/C19H19N3O5/c1-24-14-7-4-12(5-8-14)10-17(23)20-19-22-21-18(27-19)13-6-9-15(25-2)16(11-13)26-3/h4-9,11H,10H2,1-3H3,(H,20,22,23). The van der Waals surface area contributed by atoms with Crippen LogP contribution in [0.15, 0.2) is 46.9 Å². The van der Waals surface area contributed by atoms with Crippen molar-refractivity contribution in [1.82, 2.24) is 10.2 Å². The van der Waals surface area contributed by atoms with Crippen LogP contribution in [0, 0.1) is 0 Å². The Kier molecular flexibility index (Phi) is 5.55. The summed E-state index contributed by atoms with van der Waals surface area (Å²) in [6.07, 6.45) is 0.179. The molecule has 27 heavy (non-hydrogen) atoms. The highest BCUT2D eigenvalue weighted by atomic mass is 16.5. The van der Waals surface area contributed by atoms with Crippen LogP contribution in [-0.2, 0) is 11.2 Å². The van der Waals surface area contributed by atoms with E-state index in [2.05, 4.69) is 15.5 Å². The van der Waals surface area contributed by atoms with Gasteiger partial charge in [-0.05, 0) is 35.9 Å². The van der Waals surface area contributed by atoms with Gasteiger partial charge in [0.2, 0.25) is 11.8 Å². The molecular weight excluding hydrogens is 350 g/mol. The third kappa shape index (κ3) is 4.35. The summed E-state index contributed by atoms with van der Waals surface area (Å²) < 4.78 is 21.1. The van der Waals surface area contributed by atoms with E-state index in [0.29, 0.717) is 17.1 Å². The van der Waals surface area contributed by atoms with Crippen LogP contribution in [0.3, 0.4) is 0 Å². The van der Waals surface area contributed by atoms with Crippen molar-refractivity contribution in [2.45, 2.75) is 6.42 Å². The first-order chi connectivity index (χ1) is 13.1. The van der Waals surface area contributed by atoms with Crippen LogP contribution in [0.5, 0.6) is 17.2 Å². The van der Waals surface area contributed by atoms with Gasteiger partial charge in [0.1, 0.15) is 5.75 Å². The highest BCUT2D eigenvalue weighted by molar-refractivity contribution is 5.90. The first-order valence-corrected chi connectivity index (χ1v) is 8.11. The van der Waals surface area contributed by atoms with Gasteiger partial charge in [-0.25, -0.2) is 0 Å². The molecule has 8 nitrogen and oxygen atoms in total. The van der Waals surface area contributed by atoms with Crippen LogP contribution in [-0.4, -0.2) is 37.4 Å². The van der Waals surface area contributed by atoms with Crippen LogP contribution in [0.25, 0.3) is 11.5 Å². The van der Waals surface area contributed by atoms with Gasteiger partial charge < -0.3 is 18.6 Å². The largest absolute Gasteiger partial charge is 0.497 e. The van der Waals surface area contributed by atoms with Gasteiger partial charge in [-0.3, -0.25) is 10.1 Å². The molecule has 0 bridgehead atoms. The van der Waals surface area contributed by atoms with Crippen LogP contribution in [0.4, 0.5) is 6.01 Å². The second-order valence-electron chi connectivity index (χ2n) is 5.56. The molecule has 0 fully saturated rings. The van der Waals surface area contributed by atoms with E-state index in [1.165, 1.54) is 0 Å². The van der Waals surface area contributed by atoms with Crippen LogP contribution in [0.1, 0.15) is 5.56 Å². The average Bonchev–Trinajstić information content (AvgIpc) is 3.16. The smallest absolute Gasteiger partial charge is 0.322 e. The number of carbonyl (C=O) groups is 1. The van der Waals surface area contributed by atoms with Crippen molar-refractivity contribution in [1.29, 1.82) is 0 Å². The lowest BCUT2D eigenvalue weighted by Gasteiger charge is -2.07. The molecule has 0 radical (unpaired) electrons. The average molecular weight is 369 g/mol. The molecule has 0 spiro atoms. The number of benzene rings is 2. The number of hydrogen-bond acceptors (Lipinski definition) is 7. The highest BCUT2D eigenvalue weighted by Gasteiger charge is 2.14. The lowest BCUT2D eigenvalue weighted by molar-refractivity contribution is -0.115. The first-order valence-electron chi connectivity index (χ1n) is 8.11. The van der Waals surface area contributed by atoms with E-state index < -0.39 is 0 Å². The number of ether oxygens (including phenoxy) is 3. The maximum atomic E-state index is 12.2.